The van der Waals surface area contributed by atoms with E-state index in [0.29, 0.717) is 23.3 Å². The second-order valence-corrected chi connectivity index (χ2v) is 6.90. The minimum absolute atomic E-state index is 0.0327. The molecule has 0 fully saturated rings. The second-order valence-electron chi connectivity index (χ2n) is 5.21. The molecule has 2 rings (SSSR count). The van der Waals surface area contributed by atoms with Crippen molar-refractivity contribution in [2.75, 3.05) is 10.0 Å². The van der Waals surface area contributed by atoms with E-state index < -0.39 is 21.9 Å². The number of carboxylic acids is 1. The highest BCUT2D eigenvalue weighted by Gasteiger charge is 2.15. The summed E-state index contributed by atoms with van der Waals surface area (Å²) in [6.07, 6.45) is 1.38. The van der Waals surface area contributed by atoms with E-state index in [0.717, 1.165) is 6.08 Å². The van der Waals surface area contributed by atoms with E-state index in [1.807, 2.05) is 0 Å². The van der Waals surface area contributed by atoms with E-state index in [-0.39, 0.29) is 10.7 Å². The molecule has 0 spiro atoms. The Kier molecular flexibility index (Phi) is 5.68. The molecular weight excluding hydrogens is 360 g/mol. The van der Waals surface area contributed by atoms with Crippen LogP contribution in [0.15, 0.2) is 47.4 Å². The van der Waals surface area contributed by atoms with Gasteiger partial charge in [0.25, 0.3) is 10.0 Å². The molecule has 0 unspecified atom stereocenters. The lowest BCUT2D eigenvalue weighted by molar-refractivity contribution is -0.297. The van der Waals surface area contributed by atoms with Crippen LogP contribution >= 0.6 is 0 Å². The Balaban J connectivity index is 2.13. The molecule has 0 aliphatic carbocycles. The Morgan fingerprint density at radius 2 is 1.73 bits per heavy atom. The maximum absolute atomic E-state index is 12.4. The summed E-state index contributed by atoms with van der Waals surface area (Å²) in [4.78, 5) is 29.8. The summed E-state index contributed by atoms with van der Waals surface area (Å²) in [6.45, 7) is 3.37. The van der Waals surface area contributed by atoms with Crippen LogP contribution in [0.1, 0.15) is 11.5 Å². The summed E-state index contributed by atoms with van der Waals surface area (Å²) in [5, 5.41) is 12.6. The van der Waals surface area contributed by atoms with Crippen molar-refractivity contribution in [3.8, 4) is 0 Å². The minimum Gasteiger partial charge on any atom is -0.545 e. The number of sulfonamides is 1. The first kappa shape index (κ1) is 19.1. The molecule has 26 heavy (non-hydrogen) atoms. The quantitative estimate of drug-likeness (QED) is 0.684. The van der Waals surface area contributed by atoms with Crippen LogP contribution in [0.2, 0.25) is 0 Å². The van der Waals surface area contributed by atoms with Gasteiger partial charge in [-0.3, -0.25) is 9.52 Å². The fourth-order valence-corrected chi connectivity index (χ4v) is 3.00. The Morgan fingerprint density at radius 3 is 2.31 bits per heavy atom. The first-order valence-electron chi connectivity index (χ1n) is 7.31. The van der Waals surface area contributed by atoms with Crippen LogP contribution < -0.4 is 15.1 Å². The van der Waals surface area contributed by atoms with Crippen molar-refractivity contribution >= 4 is 33.4 Å². The molecule has 0 radical (unpaired) electrons. The smallest absolute Gasteiger partial charge is 0.263 e. The number of nitrogens with zero attached hydrogens (tertiary/aromatic N) is 2. The molecule has 1 heterocycles. The van der Waals surface area contributed by atoms with Gasteiger partial charge in [-0.05, 0) is 44.2 Å². The van der Waals surface area contributed by atoms with Crippen LogP contribution in [-0.2, 0) is 19.6 Å². The van der Waals surface area contributed by atoms with Crippen molar-refractivity contribution in [2.24, 2.45) is 0 Å². The number of aromatic nitrogens is 2. The lowest BCUT2D eigenvalue weighted by Crippen LogP contribution is -2.20. The van der Waals surface area contributed by atoms with Gasteiger partial charge in [0.2, 0.25) is 5.91 Å². The summed E-state index contributed by atoms with van der Waals surface area (Å²) >= 11 is 0. The molecular formula is C16H15N4O5S-. The second kappa shape index (κ2) is 7.74. The molecule has 0 atom stereocenters. The van der Waals surface area contributed by atoms with E-state index in [4.69, 9.17) is 0 Å². The zero-order valence-corrected chi connectivity index (χ0v) is 14.7. The normalized spacial score (nSPS) is 11.3. The van der Waals surface area contributed by atoms with Gasteiger partial charge >= 0.3 is 0 Å². The van der Waals surface area contributed by atoms with E-state index in [1.165, 1.54) is 30.3 Å². The maximum atomic E-state index is 12.4. The Hall–Kier alpha value is -3.27. The van der Waals surface area contributed by atoms with Gasteiger partial charge in [0.05, 0.1) is 10.9 Å². The Labute approximate surface area is 149 Å². The minimum atomic E-state index is -3.87. The number of rotatable bonds is 6. The molecule has 9 nitrogen and oxygen atoms in total. The Morgan fingerprint density at radius 1 is 1.08 bits per heavy atom. The molecule has 10 heteroatoms. The highest BCUT2D eigenvalue weighted by Crippen LogP contribution is 2.17. The molecule has 0 saturated carbocycles. The fraction of sp³-hybridized carbons (Fsp3) is 0.125. The van der Waals surface area contributed by atoms with Crippen LogP contribution in [0, 0.1) is 13.8 Å². The highest BCUT2D eigenvalue weighted by molar-refractivity contribution is 7.92. The number of aryl methyl sites for hydroxylation is 2. The number of carboxylic acid groups (broad SMARTS) is 1. The SMILES string of the molecule is Cc1cc(NS(=O)(=O)c2ccc(NC(=O)/C=C/C(=O)[O-])cc2)nc(C)n1. The van der Waals surface area contributed by atoms with Gasteiger partial charge in [0.15, 0.2) is 0 Å². The van der Waals surface area contributed by atoms with Gasteiger partial charge in [0.1, 0.15) is 11.6 Å². The van der Waals surface area contributed by atoms with Crippen LogP contribution in [0.3, 0.4) is 0 Å². The monoisotopic (exact) mass is 375 g/mol. The molecule has 2 N–H and O–H groups in total. The molecule has 1 aromatic heterocycles. The van der Waals surface area contributed by atoms with Crippen molar-refractivity contribution in [3.63, 3.8) is 0 Å². The summed E-state index contributed by atoms with van der Waals surface area (Å²) in [5.41, 5.74) is 0.920. The van der Waals surface area contributed by atoms with E-state index in [1.54, 1.807) is 13.8 Å². The zero-order chi connectivity index (χ0) is 19.3. The third-order valence-electron chi connectivity index (χ3n) is 3.01. The molecule has 0 aliphatic rings. The average molecular weight is 375 g/mol. The van der Waals surface area contributed by atoms with Crippen LogP contribution in [0.25, 0.3) is 0 Å². The maximum Gasteiger partial charge on any atom is 0.263 e. The lowest BCUT2D eigenvalue weighted by atomic mass is 10.3. The number of carbonyl (C=O) groups excluding carboxylic acids is 2. The number of hydrogen-bond acceptors (Lipinski definition) is 7. The summed E-state index contributed by atoms with van der Waals surface area (Å²) < 4.78 is 27.1. The molecule has 0 saturated heterocycles. The first-order valence-corrected chi connectivity index (χ1v) is 8.79. The number of amides is 1. The number of nitrogens with one attached hydrogen (secondary N) is 2. The molecule has 0 bridgehead atoms. The van der Waals surface area contributed by atoms with Crippen molar-refractivity contribution in [1.82, 2.24) is 9.97 Å². The largest absolute Gasteiger partial charge is 0.545 e. The highest BCUT2D eigenvalue weighted by atomic mass is 32.2. The van der Waals surface area contributed by atoms with Gasteiger partial charge in [-0.2, -0.15) is 0 Å². The molecule has 2 aromatic rings. The topological polar surface area (TPSA) is 141 Å². The third kappa shape index (κ3) is 5.38. The summed E-state index contributed by atoms with van der Waals surface area (Å²) in [5.74, 6) is -1.59. The fourth-order valence-electron chi connectivity index (χ4n) is 2.01. The third-order valence-corrected chi connectivity index (χ3v) is 4.38. The van der Waals surface area contributed by atoms with Gasteiger partial charge in [-0.25, -0.2) is 18.4 Å². The van der Waals surface area contributed by atoms with Crippen molar-refractivity contribution < 1.29 is 23.1 Å². The summed E-state index contributed by atoms with van der Waals surface area (Å²) in [7, 11) is -3.87. The van der Waals surface area contributed by atoms with Gasteiger partial charge in [-0.1, -0.05) is 0 Å². The van der Waals surface area contributed by atoms with Gasteiger partial charge in [-0.15, -0.1) is 0 Å². The molecule has 1 aromatic carbocycles. The van der Waals surface area contributed by atoms with Crippen molar-refractivity contribution in [2.45, 2.75) is 18.7 Å². The van der Waals surface area contributed by atoms with Gasteiger partial charge < -0.3 is 15.2 Å². The number of aliphatic carboxylic acids is 1. The van der Waals surface area contributed by atoms with Crippen LogP contribution in [-0.4, -0.2) is 30.3 Å². The van der Waals surface area contributed by atoms with Crippen molar-refractivity contribution in [3.05, 3.63) is 54.0 Å². The molecule has 1 amide bonds. The number of hydrogen-bond donors (Lipinski definition) is 2. The zero-order valence-electron chi connectivity index (χ0n) is 13.9. The number of anilines is 2. The predicted octanol–water partition coefficient (Wildman–Crippen LogP) is 0.139. The Bertz CT molecular complexity index is 948. The van der Waals surface area contributed by atoms with Crippen LogP contribution in [0.4, 0.5) is 11.5 Å². The van der Waals surface area contributed by atoms with Gasteiger partial charge in [0, 0.05) is 23.5 Å². The number of benzene rings is 1. The molecule has 136 valence electrons. The predicted molar refractivity (Wildman–Crippen MR) is 91.5 cm³/mol. The number of carbonyl (C=O) groups is 2. The average Bonchev–Trinajstić information content (AvgIpc) is 2.52. The standard InChI is InChI=1S/C16H16N4O5S/c1-10-9-14(18-11(2)17-10)20-26(24,25)13-5-3-12(4-6-13)19-15(21)7-8-16(22)23/h3-9H,1-2H3,(H,19,21)(H,22,23)(H,17,18,20)/p-1/b8-7+. The van der Waals surface area contributed by atoms with Crippen LogP contribution in [0.5, 0.6) is 0 Å². The van der Waals surface area contributed by atoms with E-state index in [2.05, 4.69) is 20.0 Å². The summed E-state index contributed by atoms with van der Waals surface area (Å²) in [6, 6.07) is 6.83. The molecule has 0 aliphatic heterocycles. The van der Waals surface area contributed by atoms with E-state index >= 15 is 0 Å². The van der Waals surface area contributed by atoms with Crippen molar-refractivity contribution in [1.29, 1.82) is 0 Å². The van der Waals surface area contributed by atoms with E-state index in [9.17, 15) is 23.1 Å². The first-order chi connectivity index (χ1) is 12.2. The lowest BCUT2D eigenvalue weighted by Gasteiger charge is -2.09.